The van der Waals surface area contributed by atoms with Crippen LogP contribution in [-0.4, -0.2) is 28.9 Å². The Morgan fingerprint density at radius 2 is 2.00 bits per heavy atom. The Kier molecular flexibility index (Phi) is 3.44. The van der Waals surface area contributed by atoms with Crippen molar-refractivity contribution in [2.75, 3.05) is 6.54 Å². The lowest BCUT2D eigenvalue weighted by Gasteiger charge is -2.09. The Morgan fingerprint density at radius 1 is 1.21 bits per heavy atom. The molecule has 0 spiro atoms. The van der Waals surface area contributed by atoms with E-state index in [2.05, 4.69) is 35.6 Å². The molecular weight excluding hydrogens is 258 g/mol. The van der Waals surface area contributed by atoms with Crippen molar-refractivity contribution in [3.05, 3.63) is 42.5 Å². The van der Waals surface area contributed by atoms with Crippen molar-refractivity contribution in [2.24, 2.45) is 0 Å². The molecule has 19 heavy (non-hydrogen) atoms. The summed E-state index contributed by atoms with van der Waals surface area (Å²) in [6, 6.07) is 14.3. The molecule has 1 heterocycles. The van der Waals surface area contributed by atoms with Crippen LogP contribution < -0.4 is 5.32 Å². The van der Waals surface area contributed by atoms with Crippen molar-refractivity contribution in [1.29, 1.82) is 0 Å². The van der Waals surface area contributed by atoms with Gasteiger partial charge in [0.25, 0.3) is 0 Å². The van der Waals surface area contributed by atoms with Crippen molar-refractivity contribution >= 4 is 28.5 Å². The van der Waals surface area contributed by atoms with Gasteiger partial charge in [0.05, 0.1) is 0 Å². The van der Waals surface area contributed by atoms with Crippen molar-refractivity contribution in [3.63, 3.8) is 0 Å². The molecule has 2 aromatic carbocycles. The van der Waals surface area contributed by atoms with Crippen molar-refractivity contribution in [3.8, 4) is 0 Å². The third-order valence-corrected chi connectivity index (χ3v) is 4.63. The lowest BCUT2D eigenvalue weighted by Crippen LogP contribution is -2.29. The number of fused-ring (bicyclic) bond motifs is 1. The van der Waals surface area contributed by atoms with Gasteiger partial charge in [-0.2, -0.15) is 0 Å². The summed E-state index contributed by atoms with van der Waals surface area (Å²) in [5, 5.41) is 14.8. The van der Waals surface area contributed by atoms with E-state index in [0.29, 0.717) is 11.7 Å². The van der Waals surface area contributed by atoms with Crippen LogP contribution in [0.25, 0.3) is 10.8 Å². The molecule has 0 bridgehead atoms. The van der Waals surface area contributed by atoms with Gasteiger partial charge in [-0.15, -0.1) is 11.8 Å². The van der Waals surface area contributed by atoms with E-state index in [1.807, 2.05) is 12.1 Å². The van der Waals surface area contributed by atoms with E-state index < -0.39 is 12.0 Å². The molecule has 0 aliphatic carbocycles. The van der Waals surface area contributed by atoms with Crippen LogP contribution in [0.4, 0.5) is 0 Å². The highest BCUT2D eigenvalue weighted by molar-refractivity contribution is 8.00. The van der Waals surface area contributed by atoms with Crippen molar-refractivity contribution in [1.82, 2.24) is 5.32 Å². The summed E-state index contributed by atoms with van der Waals surface area (Å²) in [6.07, 6.45) is 0.687. The molecule has 1 aliphatic heterocycles. The van der Waals surface area contributed by atoms with Gasteiger partial charge < -0.3 is 10.4 Å². The van der Waals surface area contributed by atoms with Crippen LogP contribution in [0.1, 0.15) is 6.42 Å². The lowest BCUT2D eigenvalue weighted by atomic mass is 10.1. The number of carboxylic acid groups (broad SMARTS) is 1. The molecule has 98 valence electrons. The maximum Gasteiger partial charge on any atom is 0.320 e. The Morgan fingerprint density at radius 3 is 2.74 bits per heavy atom. The molecule has 0 unspecified atom stereocenters. The molecule has 0 saturated carbocycles. The molecule has 0 aromatic heterocycles. The number of rotatable bonds is 3. The van der Waals surface area contributed by atoms with Crippen LogP contribution in [0.15, 0.2) is 47.4 Å². The largest absolute Gasteiger partial charge is 0.480 e. The molecule has 1 saturated heterocycles. The normalized spacial score (nSPS) is 22.7. The van der Waals surface area contributed by atoms with Crippen molar-refractivity contribution in [2.45, 2.75) is 22.6 Å². The Hall–Kier alpha value is -1.52. The summed E-state index contributed by atoms with van der Waals surface area (Å²) in [5.74, 6) is -0.749. The van der Waals surface area contributed by atoms with E-state index in [1.54, 1.807) is 11.8 Å². The number of benzene rings is 2. The molecule has 1 fully saturated rings. The topological polar surface area (TPSA) is 49.3 Å². The van der Waals surface area contributed by atoms with Gasteiger partial charge in [-0.1, -0.05) is 30.3 Å². The first kappa shape index (κ1) is 12.5. The minimum Gasteiger partial charge on any atom is -0.480 e. The second-order valence-corrected chi connectivity index (χ2v) is 6.16. The van der Waals surface area contributed by atoms with Gasteiger partial charge in [0.2, 0.25) is 0 Å². The summed E-state index contributed by atoms with van der Waals surface area (Å²) in [4.78, 5) is 12.1. The highest BCUT2D eigenvalue weighted by atomic mass is 32.2. The summed E-state index contributed by atoms with van der Waals surface area (Å²) in [5.41, 5.74) is 0. The number of hydrogen-bond acceptors (Lipinski definition) is 3. The first-order valence-electron chi connectivity index (χ1n) is 6.34. The van der Waals surface area contributed by atoms with Gasteiger partial charge >= 0.3 is 5.97 Å². The van der Waals surface area contributed by atoms with Gasteiger partial charge in [0.1, 0.15) is 6.04 Å². The fourth-order valence-electron chi connectivity index (χ4n) is 2.41. The second-order valence-electron chi connectivity index (χ2n) is 4.78. The molecule has 2 N–H and O–H groups in total. The Balaban J connectivity index is 1.73. The SMILES string of the molecule is O=C(O)[C@@H]1C[C@@H](Sc2ccc3ccccc3c2)CN1. The summed E-state index contributed by atoms with van der Waals surface area (Å²) in [6.45, 7) is 0.758. The number of carbonyl (C=O) groups is 1. The highest BCUT2D eigenvalue weighted by Crippen LogP contribution is 2.31. The quantitative estimate of drug-likeness (QED) is 0.903. The van der Waals surface area contributed by atoms with Gasteiger partial charge in [-0.3, -0.25) is 4.79 Å². The van der Waals surface area contributed by atoms with E-state index in [1.165, 1.54) is 15.7 Å². The smallest absolute Gasteiger partial charge is 0.320 e. The molecule has 0 amide bonds. The van der Waals surface area contributed by atoms with Crippen molar-refractivity contribution < 1.29 is 9.90 Å². The minimum atomic E-state index is -0.749. The first-order valence-corrected chi connectivity index (χ1v) is 7.22. The standard InChI is InChI=1S/C15H15NO2S/c17-15(18)14-8-13(9-16-14)19-12-6-5-10-3-1-2-4-11(10)7-12/h1-7,13-14,16H,8-9H2,(H,17,18)/t13-,14+/m1/s1. The molecule has 3 nitrogen and oxygen atoms in total. The maximum absolute atomic E-state index is 10.9. The maximum atomic E-state index is 10.9. The van der Waals surface area contributed by atoms with E-state index >= 15 is 0 Å². The van der Waals surface area contributed by atoms with E-state index in [4.69, 9.17) is 5.11 Å². The fourth-order valence-corrected chi connectivity index (χ4v) is 3.61. The van der Waals surface area contributed by atoms with Crippen LogP contribution in [0, 0.1) is 0 Å². The molecule has 3 rings (SSSR count). The average molecular weight is 273 g/mol. The van der Waals surface area contributed by atoms with Crippen LogP contribution in [0.2, 0.25) is 0 Å². The number of thioether (sulfide) groups is 1. The summed E-state index contributed by atoms with van der Waals surface area (Å²) >= 11 is 1.76. The van der Waals surface area contributed by atoms with Gasteiger partial charge in [-0.25, -0.2) is 0 Å². The van der Waals surface area contributed by atoms with E-state index in [0.717, 1.165) is 6.54 Å². The average Bonchev–Trinajstić information content (AvgIpc) is 2.87. The molecular formula is C15H15NO2S. The Bertz CT molecular complexity index is 614. The van der Waals surface area contributed by atoms with Gasteiger partial charge in [0, 0.05) is 16.7 Å². The van der Waals surface area contributed by atoms with E-state index in [-0.39, 0.29) is 0 Å². The molecule has 2 aromatic rings. The zero-order valence-corrected chi connectivity index (χ0v) is 11.2. The monoisotopic (exact) mass is 273 g/mol. The second kappa shape index (κ2) is 5.23. The summed E-state index contributed by atoms with van der Waals surface area (Å²) < 4.78 is 0. The number of nitrogens with one attached hydrogen (secondary N) is 1. The number of aliphatic carboxylic acids is 1. The predicted molar refractivity (Wildman–Crippen MR) is 77.6 cm³/mol. The highest BCUT2D eigenvalue weighted by Gasteiger charge is 2.29. The van der Waals surface area contributed by atoms with Gasteiger partial charge in [0.15, 0.2) is 0 Å². The third-order valence-electron chi connectivity index (χ3n) is 3.41. The van der Waals surface area contributed by atoms with Crippen LogP contribution >= 0.6 is 11.8 Å². The molecule has 0 radical (unpaired) electrons. The number of carboxylic acids is 1. The fraction of sp³-hybridized carbons (Fsp3) is 0.267. The molecule has 1 aliphatic rings. The zero-order valence-electron chi connectivity index (χ0n) is 10.4. The van der Waals surface area contributed by atoms with Crippen LogP contribution in [-0.2, 0) is 4.79 Å². The molecule has 2 atom stereocenters. The lowest BCUT2D eigenvalue weighted by molar-refractivity contribution is -0.139. The van der Waals surface area contributed by atoms with Crippen LogP contribution in [0.5, 0.6) is 0 Å². The number of hydrogen-bond donors (Lipinski definition) is 2. The summed E-state index contributed by atoms with van der Waals surface area (Å²) in [7, 11) is 0. The minimum absolute atomic E-state index is 0.335. The van der Waals surface area contributed by atoms with Gasteiger partial charge in [-0.05, 0) is 29.3 Å². The van der Waals surface area contributed by atoms with E-state index in [9.17, 15) is 4.79 Å². The predicted octanol–water partition coefficient (Wildman–Crippen LogP) is 2.75. The first-order chi connectivity index (χ1) is 9.22. The molecule has 4 heteroatoms. The Labute approximate surface area is 116 Å². The van der Waals surface area contributed by atoms with Crippen LogP contribution in [0.3, 0.4) is 0 Å². The third kappa shape index (κ3) is 2.74. The zero-order chi connectivity index (χ0) is 13.2.